The van der Waals surface area contributed by atoms with Crippen molar-refractivity contribution in [3.05, 3.63) is 78.4 Å². The van der Waals surface area contributed by atoms with E-state index in [2.05, 4.69) is 103 Å². The maximum Gasteiger partial charge on any atom is 0.249 e. The van der Waals surface area contributed by atoms with E-state index in [1.165, 1.54) is 91.5 Å². The molecule has 3 aliphatic heterocycles. The van der Waals surface area contributed by atoms with Crippen molar-refractivity contribution in [2.75, 3.05) is 4.90 Å². The molecule has 0 amide bonds. The zero-order valence-corrected chi connectivity index (χ0v) is 23.2. The molecule has 1 saturated carbocycles. The van der Waals surface area contributed by atoms with E-state index >= 15 is 0 Å². The molecule has 0 bridgehead atoms. The highest BCUT2D eigenvalue weighted by atomic mass is 32.2. The lowest BCUT2D eigenvalue weighted by Gasteiger charge is -2.49. The fourth-order valence-corrected chi connectivity index (χ4v) is 9.98. The Morgan fingerprint density at radius 2 is 1.61 bits per heavy atom. The number of para-hydroxylation sites is 2. The molecule has 1 aromatic heterocycles. The summed E-state index contributed by atoms with van der Waals surface area (Å²) in [5, 5.41) is 2.72. The van der Waals surface area contributed by atoms with Gasteiger partial charge < -0.3 is 9.47 Å². The van der Waals surface area contributed by atoms with Gasteiger partial charge in [0.05, 0.1) is 5.54 Å². The number of aryl methyl sites for hydroxylation is 1. The SMILES string of the molecule is Cn1c2ccccc2c2cc3c(cc21)B1c2cccc4c2N(c2cccc(c21)S3)C1(C)CCCCC[C@@]41C. The lowest BCUT2D eigenvalue weighted by molar-refractivity contribution is 0.261. The van der Waals surface area contributed by atoms with Crippen LogP contribution in [0.2, 0.25) is 0 Å². The predicted octanol–water partition coefficient (Wildman–Crippen LogP) is 6.76. The van der Waals surface area contributed by atoms with Crippen LogP contribution in [0.25, 0.3) is 21.8 Å². The molecule has 1 fully saturated rings. The van der Waals surface area contributed by atoms with Crippen molar-refractivity contribution in [2.45, 2.75) is 66.7 Å². The summed E-state index contributed by atoms with van der Waals surface area (Å²) in [5.74, 6) is 0. The monoisotopic (exact) mass is 510 g/mol. The van der Waals surface area contributed by atoms with Crippen molar-refractivity contribution >= 4 is 68.0 Å². The summed E-state index contributed by atoms with van der Waals surface area (Å²) in [4.78, 5) is 5.67. The first-order chi connectivity index (χ1) is 18.5. The summed E-state index contributed by atoms with van der Waals surface area (Å²) in [6.07, 6.45) is 6.54. The van der Waals surface area contributed by atoms with Crippen LogP contribution in [-0.2, 0) is 12.5 Å². The summed E-state index contributed by atoms with van der Waals surface area (Å²) in [7, 11) is 2.23. The largest absolute Gasteiger partial charge is 0.344 e. The first-order valence-electron chi connectivity index (χ1n) is 14.3. The third-order valence-electron chi connectivity index (χ3n) is 10.9. The molecule has 9 rings (SSSR count). The summed E-state index contributed by atoms with van der Waals surface area (Å²) in [6.45, 7) is 5.43. The second-order valence-electron chi connectivity index (χ2n) is 12.5. The number of rotatable bonds is 0. The van der Waals surface area contributed by atoms with Gasteiger partial charge in [0.1, 0.15) is 0 Å². The van der Waals surface area contributed by atoms with E-state index in [-0.39, 0.29) is 17.7 Å². The van der Waals surface area contributed by atoms with Gasteiger partial charge in [-0.2, -0.15) is 0 Å². The van der Waals surface area contributed by atoms with Gasteiger partial charge in [0.25, 0.3) is 0 Å². The van der Waals surface area contributed by atoms with Crippen LogP contribution in [0.5, 0.6) is 0 Å². The van der Waals surface area contributed by atoms with Gasteiger partial charge in [0.2, 0.25) is 6.71 Å². The third-order valence-corrected chi connectivity index (χ3v) is 12.0. The molecule has 38 heavy (non-hydrogen) atoms. The molecule has 5 aromatic rings. The Labute approximate surface area is 229 Å². The van der Waals surface area contributed by atoms with E-state index in [1.807, 2.05) is 11.8 Å². The summed E-state index contributed by atoms with van der Waals surface area (Å²) >= 11 is 1.98. The van der Waals surface area contributed by atoms with Gasteiger partial charge in [-0.05, 0) is 66.6 Å². The van der Waals surface area contributed by atoms with Crippen LogP contribution in [0.4, 0.5) is 11.4 Å². The molecule has 0 saturated heterocycles. The quantitative estimate of drug-likeness (QED) is 0.209. The lowest BCUT2D eigenvalue weighted by Crippen LogP contribution is -2.63. The van der Waals surface area contributed by atoms with Crippen LogP contribution >= 0.6 is 11.8 Å². The van der Waals surface area contributed by atoms with Gasteiger partial charge in [-0.3, -0.25) is 0 Å². The van der Waals surface area contributed by atoms with Gasteiger partial charge in [0.15, 0.2) is 0 Å². The fourth-order valence-electron chi connectivity index (χ4n) is 8.79. The minimum Gasteiger partial charge on any atom is -0.344 e. The maximum atomic E-state index is 2.82. The number of aromatic nitrogens is 1. The molecule has 2 nitrogen and oxygen atoms in total. The Morgan fingerprint density at radius 1 is 0.763 bits per heavy atom. The first-order valence-corrected chi connectivity index (χ1v) is 15.1. The van der Waals surface area contributed by atoms with E-state index in [1.54, 1.807) is 5.56 Å². The molecule has 4 aliphatic rings. The minimum atomic E-state index is 0.104. The number of fused-ring (bicyclic) bond motifs is 10. The number of hydrogen-bond donors (Lipinski definition) is 0. The molecular weight excluding hydrogens is 479 g/mol. The summed E-state index contributed by atoms with van der Waals surface area (Å²) < 4.78 is 2.39. The molecule has 2 atom stereocenters. The highest BCUT2D eigenvalue weighted by Crippen LogP contribution is 2.60. The van der Waals surface area contributed by atoms with Crippen LogP contribution in [0, 0.1) is 0 Å². The van der Waals surface area contributed by atoms with E-state index in [0.29, 0.717) is 0 Å². The number of benzene rings is 4. The van der Waals surface area contributed by atoms with Crippen LogP contribution < -0.4 is 21.3 Å². The van der Waals surface area contributed by atoms with E-state index in [4.69, 9.17) is 0 Å². The normalized spacial score (nSPS) is 24.7. The van der Waals surface area contributed by atoms with Crippen LogP contribution in [0.3, 0.4) is 0 Å². The van der Waals surface area contributed by atoms with Gasteiger partial charge in [-0.25, -0.2) is 0 Å². The molecule has 0 N–H and O–H groups in total. The average Bonchev–Trinajstić information content (AvgIpc) is 3.24. The predicted molar refractivity (Wildman–Crippen MR) is 163 cm³/mol. The average molecular weight is 511 g/mol. The Bertz CT molecular complexity index is 1850. The van der Waals surface area contributed by atoms with Crippen molar-refractivity contribution in [1.82, 2.24) is 4.57 Å². The van der Waals surface area contributed by atoms with Crippen molar-refractivity contribution < 1.29 is 0 Å². The summed E-state index contributed by atoms with van der Waals surface area (Å²) in [6, 6.07) is 28.2. The molecule has 4 aromatic carbocycles. The van der Waals surface area contributed by atoms with Crippen molar-refractivity contribution in [2.24, 2.45) is 7.05 Å². The topological polar surface area (TPSA) is 8.17 Å². The maximum absolute atomic E-state index is 2.82. The Kier molecular flexibility index (Phi) is 4.07. The molecule has 0 spiro atoms. The smallest absolute Gasteiger partial charge is 0.249 e. The summed E-state index contributed by atoms with van der Waals surface area (Å²) in [5.41, 5.74) is 12.0. The van der Waals surface area contributed by atoms with E-state index in [0.717, 1.165) is 0 Å². The van der Waals surface area contributed by atoms with Crippen LogP contribution in [0.15, 0.2) is 82.6 Å². The second-order valence-corrected chi connectivity index (χ2v) is 13.5. The number of hydrogen-bond acceptors (Lipinski definition) is 2. The zero-order chi connectivity index (χ0) is 25.4. The Balaban J connectivity index is 1.38. The molecule has 1 unspecified atom stereocenters. The van der Waals surface area contributed by atoms with Gasteiger partial charge >= 0.3 is 0 Å². The molecule has 0 radical (unpaired) electrons. The van der Waals surface area contributed by atoms with Gasteiger partial charge in [-0.1, -0.05) is 85.9 Å². The van der Waals surface area contributed by atoms with Crippen molar-refractivity contribution in [3.8, 4) is 0 Å². The molecule has 4 heterocycles. The third kappa shape index (κ3) is 2.37. The van der Waals surface area contributed by atoms with E-state index < -0.39 is 0 Å². The molecule has 1 aliphatic carbocycles. The second kappa shape index (κ2) is 7.10. The van der Waals surface area contributed by atoms with Crippen LogP contribution in [-0.4, -0.2) is 16.8 Å². The fraction of sp³-hybridized carbons (Fsp3) is 0.294. The van der Waals surface area contributed by atoms with Crippen molar-refractivity contribution in [3.63, 3.8) is 0 Å². The minimum absolute atomic E-state index is 0.104. The lowest BCUT2D eigenvalue weighted by atomic mass is 9.34. The Hall–Kier alpha value is -3.11. The number of anilines is 2. The highest BCUT2D eigenvalue weighted by molar-refractivity contribution is 8.00. The standard InChI is InChI=1S/C34H31BN2S/c1-33-17-7-4-8-18-34(33,2)37-27-15-10-16-29-31(27)35(24-13-9-12-23(33)32(24)37)25-20-28-22(19-30(25)38-29)21-11-5-6-14-26(21)36(28)3/h5-6,9-16,19-20H,4,7-8,17-18H2,1-3H3/t33-,34?/m0/s1. The van der Waals surface area contributed by atoms with Gasteiger partial charge in [0, 0.05) is 55.4 Å². The Morgan fingerprint density at radius 3 is 2.53 bits per heavy atom. The zero-order valence-electron chi connectivity index (χ0n) is 22.3. The highest BCUT2D eigenvalue weighted by Gasteiger charge is 2.60. The van der Waals surface area contributed by atoms with Crippen LogP contribution in [0.1, 0.15) is 51.5 Å². The molecule has 4 heteroatoms. The molecular formula is C34H31BN2S. The number of nitrogens with zero attached hydrogens (tertiary/aromatic N) is 2. The first kappa shape index (κ1) is 21.8. The van der Waals surface area contributed by atoms with Crippen molar-refractivity contribution in [1.29, 1.82) is 0 Å². The van der Waals surface area contributed by atoms with Gasteiger partial charge in [-0.15, -0.1) is 0 Å². The molecule has 186 valence electrons. The van der Waals surface area contributed by atoms with E-state index in [9.17, 15) is 0 Å².